The Bertz CT molecular complexity index is 849. The molecule has 3 rings (SSSR count). The first-order valence-corrected chi connectivity index (χ1v) is 8.63. The van der Waals surface area contributed by atoms with E-state index in [2.05, 4.69) is 43.7 Å². The molecular weight excluding hydrogens is 312 g/mol. The van der Waals surface area contributed by atoms with E-state index in [4.69, 9.17) is 0 Å². The maximum Gasteiger partial charge on any atom is 0.213 e. The Balaban J connectivity index is 2.11. The average molecular weight is 336 g/mol. The number of carbonyl (C=O) groups excluding carboxylic acids is 2. The van der Waals surface area contributed by atoms with E-state index in [-0.39, 0.29) is 28.0 Å². The zero-order valence-corrected chi connectivity index (χ0v) is 15.5. The van der Waals surface area contributed by atoms with E-state index < -0.39 is 0 Å². The molecule has 1 aromatic heterocycles. The van der Waals surface area contributed by atoms with Crippen LogP contribution in [0.3, 0.4) is 0 Å². The van der Waals surface area contributed by atoms with E-state index in [9.17, 15) is 9.59 Å². The van der Waals surface area contributed by atoms with E-state index >= 15 is 0 Å². The van der Waals surface area contributed by atoms with Crippen molar-refractivity contribution in [2.45, 2.75) is 58.3 Å². The highest BCUT2D eigenvalue weighted by atomic mass is 16.1. The van der Waals surface area contributed by atoms with Gasteiger partial charge in [-0.25, -0.2) is 9.97 Å². The number of ketones is 1. The van der Waals surface area contributed by atoms with Crippen LogP contribution >= 0.6 is 0 Å². The van der Waals surface area contributed by atoms with E-state index in [1.54, 1.807) is 0 Å². The smallest absolute Gasteiger partial charge is 0.213 e. The fraction of sp³-hybridized carbons (Fsp3) is 0.429. The first-order chi connectivity index (χ1) is 11.7. The number of carbonyl (C=O) groups is 2. The third kappa shape index (κ3) is 3.01. The number of aromatic nitrogens is 2. The van der Waals surface area contributed by atoms with Crippen molar-refractivity contribution in [2.75, 3.05) is 0 Å². The predicted octanol–water partition coefficient (Wildman–Crippen LogP) is 4.18. The summed E-state index contributed by atoms with van der Waals surface area (Å²) >= 11 is 0. The van der Waals surface area contributed by atoms with Gasteiger partial charge in [-0.1, -0.05) is 33.8 Å². The third-order valence-corrected chi connectivity index (χ3v) is 5.47. The summed E-state index contributed by atoms with van der Waals surface area (Å²) in [6.45, 7) is 11.0. The van der Waals surface area contributed by atoms with Crippen LogP contribution < -0.4 is 0 Å². The summed E-state index contributed by atoms with van der Waals surface area (Å²) < 4.78 is 0. The highest BCUT2D eigenvalue weighted by Crippen LogP contribution is 2.46. The number of rotatable bonds is 3. The first-order valence-electron chi connectivity index (χ1n) is 8.63. The monoisotopic (exact) mass is 336 g/mol. The minimum Gasteiger partial charge on any atom is -0.296 e. The molecule has 0 aliphatic heterocycles. The van der Waals surface area contributed by atoms with Crippen molar-refractivity contribution in [1.82, 2.24) is 9.97 Å². The second-order valence-electron chi connectivity index (χ2n) is 8.25. The Morgan fingerprint density at radius 2 is 1.60 bits per heavy atom. The standard InChI is InChI=1S/C21H24N2O2/c1-13-8-16-17(21(4,5)7-6-20(16,2)3)9-15(13)19(25)18-11-22-14(12-24)10-23-18/h8-12H,6-7H2,1-5H3. The fourth-order valence-electron chi connectivity index (χ4n) is 3.62. The highest BCUT2D eigenvalue weighted by Gasteiger charge is 2.37. The van der Waals surface area contributed by atoms with Crippen LogP contribution in [0.5, 0.6) is 0 Å². The summed E-state index contributed by atoms with van der Waals surface area (Å²) in [5, 5.41) is 0. The molecule has 0 saturated heterocycles. The lowest BCUT2D eigenvalue weighted by Crippen LogP contribution is -2.34. The zero-order valence-electron chi connectivity index (χ0n) is 15.5. The summed E-state index contributed by atoms with van der Waals surface area (Å²) in [5.41, 5.74) is 4.84. The molecule has 1 heterocycles. The SMILES string of the molecule is Cc1cc2c(cc1C(=O)c1cnc(C=O)cn1)C(C)(C)CCC2(C)C. The lowest BCUT2D eigenvalue weighted by Gasteiger charge is -2.42. The molecule has 1 aliphatic carbocycles. The van der Waals surface area contributed by atoms with Gasteiger partial charge >= 0.3 is 0 Å². The normalized spacial score (nSPS) is 17.6. The van der Waals surface area contributed by atoms with Gasteiger partial charge < -0.3 is 0 Å². The maximum absolute atomic E-state index is 12.9. The Morgan fingerprint density at radius 3 is 2.12 bits per heavy atom. The number of benzene rings is 1. The second-order valence-corrected chi connectivity index (χ2v) is 8.25. The summed E-state index contributed by atoms with van der Waals surface area (Å²) in [5.74, 6) is -0.149. The number of aldehydes is 1. The Hall–Kier alpha value is -2.36. The quantitative estimate of drug-likeness (QED) is 0.623. The van der Waals surface area contributed by atoms with E-state index in [0.717, 1.165) is 18.4 Å². The summed E-state index contributed by atoms with van der Waals surface area (Å²) in [6.07, 6.45) is 5.56. The van der Waals surface area contributed by atoms with Crippen LogP contribution in [-0.4, -0.2) is 22.0 Å². The van der Waals surface area contributed by atoms with Gasteiger partial charge in [0.05, 0.1) is 12.4 Å². The predicted molar refractivity (Wildman–Crippen MR) is 97.3 cm³/mol. The molecule has 1 aliphatic rings. The van der Waals surface area contributed by atoms with Crippen molar-refractivity contribution < 1.29 is 9.59 Å². The first kappa shape index (κ1) is 17.5. The van der Waals surface area contributed by atoms with Crippen LogP contribution in [0.1, 0.15) is 83.8 Å². The van der Waals surface area contributed by atoms with Crippen molar-refractivity contribution in [3.05, 3.63) is 58.2 Å². The average Bonchev–Trinajstić information content (AvgIpc) is 2.58. The van der Waals surface area contributed by atoms with Gasteiger partial charge in [-0.2, -0.15) is 0 Å². The summed E-state index contributed by atoms with van der Waals surface area (Å²) in [7, 11) is 0. The van der Waals surface area contributed by atoms with Gasteiger partial charge in [0.15, 0.2) is 6.29 Å². The molecule has 0 radical (unpaired) electrons. The third-order valence-electron chi connectivity index (χ3n) is 5.47. The van der Waals surface area contributed by atoms with Gasteiger partial charge in [-0.05, 0) is 53.4 Å². The molecule has 4 nitrogen and oxygen atoms in total. The molecule has 4 heteroatoms. The molecule has 130 valence electrons. The summed E-state index contributed by atoms with van der Waals surface area (Å²) in [6, 6.07) is 4.21. The molecular formula is C21H24N2O2. The van der Waals surface area contributed by atoms with Crippen LogP contribution in [0.25, 0.3) is 0 Å². The molecule has 0 spiro atoms. The fourth-order valence-corrected chi connectivity index (χ4v) is 3.62. The number of hydrogen-bond donors (Lipinski definition) is 0. The van der Waals surface area contributed by atoms with Crippen LogP contribution in [-0.2, 0) is 10.8 Å². The van der Waals surface area contributed by atoms with Gasteiger partial charge in [0, 0.05) is 5.56 Å². The molecule has 0 N–H and O–H groups in total. The van der Waals surface area contributed by atoms with Gasteiger partial charge in [0.2, 0.25) is 5.78 Å². The van der Waals surface area contributed by atoms with Crippen LogP contribution in [0.2, 0.25) is 0 Å². The van der Waals surface area contributed by atoms with Crippen LogP contribution in [0.4, 0.5) is 0 Å². The Morgan fingerprint density at radius 1 is 1.00 bits per heavy atom. The van der Waals surface area contributed by atoms with Crippen molar-refractivity contribution in [1.29, 1.82) is 0 Å². The molecule has 0 bridgehead atoms. The van der Waals surface area contributed by atoms with Crippen LogP contribution in [0.15, 0.2) is 24.5 Å². The number of aryl methyl sites for hydroxylation is 1. The van der Waals surface area contributed by atoms with E-state index in [1.165, 1.54) is 23.5 Å². The lowest BCUT2D eigenvalue weighted by molar-refractivity contribution is 0.103. The second kappa shape index (κ2) is 5.87. The van der Waals surface area contributed by atoms with E-state index in [0.29, 0.717) is 11.8 Å². The van der Waals surface area contributed by atoms with Gasteiger partial charge in [0.25, 0.3) is 0 Å². The van der Waals surface area contributed by atoms with Crippen molar-refractivity contribution >= 4 is 12.1 Å². The lowest BCUT2D eigenvalue weighted by atomic mass is 9.62. The van der Waals surface area contributed by atoms with Crippen molar-refractivity contribution in [3.63, 3.8) is 0 Å². The van der Waals surface area contributed by atoms with Gasteiger partial charge in [-0.3, -0.25) is 9.59 Å². The molecule has 1 aromatic carbocycles. The molecule has 0 unspecified atom stereocenters. The minimum absolute atomic E-state index is 0.0423. The Kier molecular flexibility index (Phi) is 4.10. The molecule has 0 fully saturated rings. The van der Waals surface area contributed by atoms with Crippen LogP contribution in [0, 0.1) is 6.92 Å². The molecule has 2 aromatic rings. The number of fused-ring (bicyclic) bond motifs is 1. The van der Waals surface area contributed by atoms with E-state index in [1.807, 2.05) is 13.0 Å². The highest BCUT2D eigenvalue weighted by molar-refractivity contribution is 6.08. The maximum atomic E-state index is 12.9. The molecule has 0 atom stereocenters. The van der Waals surface area contributed by atoms with Crippen molar-refractivity contribution in [3.8, 4) is 0 Å². The largest absolute Gasteiger partial charge is 0.296 e. The van der Waals surface area contributed by atoms with Gasteiger partial charge in [-0.15, -0.1) is 0 Å². The Labute approximate surface area is 148 Å². The zero-order chi connectivity index (χ0) is 18.4. The summed E-state index contributed by atoms with van der Waals surface area (Å²) in [4.78, 5) is 31.7. The molecule has 0 saturated carbocycles. The topological polar surface area (TPSA) is 59.9 Å². The number of nitrogens with zero attached hydrogens (tertiary/aromatic N) is 2. The van der Waals surface area contributed by atoms with Gasteiger partial charge in [0.1, 0.15) is 11.4 Å². The minimum atomic E-state index is -0.149. The molecule has 25 heavy (non-hydrogen) atoms. The van der Waals surface area contributed by atoms with Crippen molar-refractivity contribution in [2.24, 2.45) is 0 Å². The molecule has 0 amide bonds. The number of hydrogen-bond acceptors (Lipinski definition) is 4.